The number of nitrogens with one attached hydrogen (secondary N) is 1. The number of nitrogens with zero attached hydrogens (tertiary/aromatic N) is 2. The van der Waals surface area contributed by atoms with Crippen LogP contribution in [0.2, 0.25) is 0 Å². The molecule has 106 valence electrons. The second kappa shape index (κ2) is 8.22. The van der Waals surface area contributed by atoms with E-state index in [1.54, 1.807) is 12.4 Å². The van der Waals surface area contributed by atoms with Gasteiger partial charge in [0, 0.05) is 18.8 Å². The number of aromatic nitrogens is 2. The van der Waals surface area contributed by atoms with Crippen molar-refractivity contribution in [3.8, 4) is 0 Å². The van der Waals surface area contributed by atoms with Crippen LogP contribution in [0.15, 0.2) is 16.9 Å². The van der Waals surface area contributed by atoms with E-state index < -0.39 is 11.9 Å². The number of carboxylic acid groups (broad SMARTS) is 1. The molecule has 1 saturated heterocycles. The first-order chi connectivity index (χ1) is 9.16. The van der Waals surface area contributed by atoms with E-state index in [9.17, 15) is 9.90 Å². The van der Waals surface area contributed by atoms with Crippen LogP contribution in [-0.4, -0.2) is 34.1 Å². The maximum absolute atomic E-state index is 11.3. The Bertz CT molecular complexity index is 391. The minimum atomic E-state index is -0.759. The van der Waals surface area contributed by atoms with E-state index in [-0.39, 0.29) is 5.92 Å². The molecule has 1 aliphatic rings. The van der Waals surface area contributed by atoms with Crippen LogP contribution >= 0.6 is 15.9 Å². The Labute approximate surface area is 122 Å². The van der Waals surface area contributed by atoms with Crippen molar-refractivity contribution in [3.63, 3.8) is 0 Å². The first-order valence-electron chi connectivity index (χ1n) is 6.57. The minimum Gasteiger partial charge on any atom is -0.481 e. The highest BCUT2D eigenvalue weighted by atomic mass is 79.9. The van der Waals surface area contributed by atoms with E-state index in [1.165, 1.54) is 0 Å². The molecule has 1 aromatic heterocycles. The van der Waals surface area contributed by atoms with Gasteiger partial charge in [-0.25, -0.2) is 9.97 Å². The monoisotopic (exact) mass is 329 g/mol. The van der Waals surface area contributed by atoms with Crippen molar-refractivity contribution < 1.29 is 9.90 Å². The molecule has 5 nitrogen and oxygen atoms in total. The van der Waals surface area contributed by atoms with Gasteiger partial charge in [0.1, 0.15) is 5.82 Å². The van der Waals surface area contributed by atoms with Gasteiger partial charge in [0.25, 0.3) is 0 Å². The Morgan fingerprint density at radius 1 is 1.53 bits per heavy atom. The smallest absolute Gasteiger partial charge is 0.307 e. The predicted molar refractivity (Wildman–Crippen MR) is 76.9 cm³/mol. The molecule has 19 heavy (non-hydrogen) atoms. The Hall–Kier alpha value is -1.01. The van der Waals surface area contributed by atoms with Gasteiger partial charge in [-0.3, -0.25) is 4.79 Å². The molecule has 0 spiro atoms. The number of halogens is 1. The summed E-state index contributed by atoms with van der Waals surface area (Å²) in [6, 6.07) is 0. The topological polar surface area (TPSA) is 75.1 Å². The predicted octanol–water partition coefficient (Wildman–Crippen LogP) is 2.12. The SMILES string of the molecule is CC.O=C(O)C(Cc1ncc(Br)cn1)C1CCNC1. The van der Waals surface area contributed by atoms with E-state index in [0.29, 0.717) is 12.2 Å². The Balaban J connectivity index is 0.000000861. The molecular formula is C13H20BrN3O2. The molecule has 0 bridgehead atoms. The third-order valence-corrected chi connectivity index (χ3v) is 3.47. The van der Waals surface area contributed by atoms with Gasteiger partial charge in [-0.05, 0) is 41.4 Å². The number of carboxylic acids is 1. The fraction of sp³-hybridized carbons (Fsp3) is 0.615. The molecule has 6 heteroatoms. The molecule has 1 fully saturated rings. The van der Waals surface area contributed by atoms with Crippen molar-refractivity contribution in [3.05, 3.63) is 22.7 Å². The summed E-state index contributed by atoms with van der Waals surface area (Å²) in [5.74, 6) is -0.386. The van der Waals surface area contributed by atoms with Crippen LogP contribution in [0.1, 0.15) is 26.1 Å². The van der Waals surface area contributed by atoms with E-state index in [4.69, 9.17) is 0 Å². The summed E-state index contributed by atoms with van der Waals surface area (Å²) in [5.41, 5.74) is 0. The lowest BCUT2D eigenvalue weighted by molar-refractivity contribution is -0.143. The van der Waals surface area contributed by atoms with Crippen LogP contribution in [-0.2, 0) is 11.2 Å². The fourth-order valence-electron chi connectivity index (χ4n) is 2.12. The van der Waals surface area contributed by atoms with Crippen LogP contribution in [0.5, 0.6) is 0 Å². The Morgan fingerprint density at radius 3 is 2.63 bits per heavy atom. The Kier molecular flexibility index (Phi) is 6.94. The highest BCUT2D eigenvalue weighted by Crippen LogP contribution is 2.22. The van der Waals surface area contributed by atoms with Crippen LogP contribution in [0.4, 0.5) is 0 Å². The van der Waals surface area contributed by atoms with Crippen LogP contribution in [0, 0.1) is 11.8 Å². The molecule has 0 radical (unpaired) electrons. The van der Waals surface area contributed by atoms with Gasteiger partial charge < -0.3 is 10.4 Å². The summed E-state index contributed by atoms with van der Waals surface area (Å²) >= 11 is 3.26. The number of carbonyl (C=O) groups is 1. The molecule has 0 amide bonds. The first kappa shape index (κ1) is 16.0. The third-order valence-electron chi connectivity index (χ3n) is 3.06. The fourth-order valence-corrected chi connectivity index (χ4v) is 2.32. The van der Waals surface area contributed by atoms with E-state index in [2.05, 4.69) is 31.2 Å². The third kappa shape index (κ3) is 4.87. The zero-order valence-electron chi connectivity index (χ0n) is 11.3. The average Bonchev–Trinajstić information content (AvgIpc) is 2.93. The quantitative estimate of drug-likeness (QED) is 0.884. The van der Waals surface area contributed by atoms with Crippen molar-refractivity contribution in [1.29, 1.82) is 0 Å². The van der Waals surface area contributed by atoms with Crippen molar-refractivity contribution in [2.75, 3.05) is 13.1 Å². The number of hydrogen-bond acceptors (Lipinski definition) is 4. The molecule has 1 aromatic rings. The molecular weight excluding hydrogens is 310 g/mol. The maximum atomic E-state index is 11.3. The summed E-state index contributed by atoms with van der Waals surface area (Å²) in [6.07, 6.45) is 4.60. The van der Waals surface area contributed by atoms with Crippen molar-refractivity contribution in [2.45, 2.75) is 26.7 Å². The Morgan fingerprint density at radius 2 is 2.16 bits per heavy atom. The summed E-state index contributed by atoms with van der Waals surface area (Å²) in [6.45, 7) is 5.67. The zero-order valence-corrected chi connectivity index (χ0v) is 12.9. The molecule has 2 N–H and O–H groups in total. The molecule has 0 aliphatic carbocycles. The summed E-state index contributed by atoms with van der Waals surface area (Å²) in [7, 11) is 0. The summed E-state index contributed by atoms with van der Waals surface area (Å²) < 4.78 is 0.802. The lowest BCUT2D eigenvalue weighted by Crippen LogP contribution is -2.28. The van der Waals surface area contributed by atoms with Gasteiger partial charge in [-0.1, -0.05) is 13.8 Å². The zero-order chi connectivity index (χ0) is 14.3. The molecule has 1 aliphatic heterocycles. The minimum absolute atomic E-state index is 0.180. The highest BCUT2D eigenvalue weighted by molar-refractivity contribution is 9.10. The molecule has 2 rings (SSSR count). The van der Waals surface area contributed by atoms with Gasteiger partial charge in [-0.15, -0.1) is 0 Å². The average molecular weight is 330 g/mol. The van der Waals surface area contributed by atoms with E-state index >= 15 is 0 Å². The summed E-state index contributed by atoms with van der Waals surface area (Å²) in [4.78, 5) is 19.5. The van der Waals surface area contributed by atoms with Crippen molar-refractivity contribution in [2.24, 2.45) is 11.8 Å². The standard InChI is InChI=1S/C11H14BrN3O2.C2H6/c12-8-5-14-10(15-6-8)3-9(11(16)17)7-1-2-13-4-7;1-2/h5-7,9,13H,1-4H2,(H,16,17);1-2H3. The largest absolute Gasteiger partial charge is 0.481 e. The van der Waals surface area contributed by atoms with Gasteiger partial charge in [0.2, 0.25) is 0 Å². The van der Waals surface area contributed by atoms with Gasteiger partial charge >= 0.3 is 5.97 Å². The number of hydrogen-bond donors (Lipinski definition) is 2. The van der Waals surface area contributed by atoms with Gasteiger partial charge in [0.15, 0.2) is 0 Å². The van der Waals surface area contributed by atoms with Crippen LogP contribution < -0.4 is 5.32 Å². The van der Waals surface area contributed by atoms with Crippen LogP contribution in [0.3, 0.4) is 0 Å². The van der Waals surface area contributed by atoms with Gasteiger partial charge in [-0.2, -0.15) is 0 Å². The van der Waals surface area contributed by atoms with Crippen molar-refractivity contribution >= 4 is 21.9 Å². The van der Waals surface area contributed by atoms with Gasteiger partial charge in [0.05, 0.1) is 10.4 Å². The number of aliphatic carboxylic acids is 1. The molecule has 0 saturated carbocycles. The highest BCUT2D eigenvalue weighted by Gasteiger charge is 2.31. The van der Waals surface area contributed by atoms with E-state index in [0.717, 1.165) is 24.0 Å². The molecule has 2 unspecified atom stereocenters. The molecule has 0 aromatic carbocycles. The second-order valence-electron chi connectivity index (χ2n) is 4.22. The lowest BCUT2D eigenvalue weighted by atomic mass is 9.88. The van der Waals surface area contributed by atoms with E-state index in [1.807, 2.05) is 13.8 Å². The first-order valence-corrected chi connectivity index (χ1v) is 7.36. The van der Waals surface area contributed by atoms with Crippen LogP contribution in [0.25, 0.3) is 0 Å². The van der Waals surface area contributed by atoms with Crippen molar-refractivity contribution in [1.82, 2.24) is 15.3 Å². The lowest BCUT2D eigenvalue weighted by Gasteiger charge is -2.17. The summed E-state index contributed by atoms with van der Waals surface area (Å²) in [5, 5.41) is 12.4. The molecule has 2 heterocycles. The normalized spacial score (nSPS) is 19.4. The maximum Gasteiger partial charge on any atom is 0.307 e. The second-order valence-corrected chi connectivity index (χ2v) is 5.13. The molecule has 2 atom stereocenters. The number of rotatable bonds is 4.